The minimum Gasteiger partial charge on any atom is -0.310 e. The van der Waals surface area contributed by atoms with Gasteiger partial charge < -0.3 is 4.90 Å². The summed E-state index contributed by atoms with van der Waals surface area (Å²) in [6.07, 6.45) is 3.81. The molecule has 10 aromatic rings. The van der Waals surface area contributed by atoms with Crippen LogP contribution in [-0.2, 0) is 0 Å². The van der Waals surface area contributed by atoms with Crippen LogP contribution < -0.4 is 4.90 Å². The van der Waals surface area contributed by atoms with E-state index in [1.165, 1.54) is 43.4 Å². The van der Waals surface area contributed by atoms with Crippen LogP contribution in [0.4, 0.5) is 17.1 Å². The average Bonchev–Trinajstić information content (AvgIpc) is 3.31. The Morgan fingerprint density at radius 3 is 1.02 bits per heavy atom. The van der Waals surface area contributed by atoms with Gasteiger partial charge in [-0.05, 0) is 161 Å². The zero-order valence-electron chi connectivity index (χ0n) is 32.7. The summed E-state index contributed by atoms with van der Waals surface area (Å²) in [4.78, 5) is 2.41. The van der Waals surface area contributed by atoms with Gasteiger partial charge in [-0.25, -0.2) is 0 Å². The van der Waals surface area contributed by atoms with Crippen molar-refractivity contribution in [1.29, 1.82) is 0 Å². The van der Waals surface area contributed by atoms with Crippen molar-refractivity contribution in [3.63, 3.8) is 0 Å². The van der Waals surface area contributed by atoms with Crippen molar-refractivity contribution in [3.8, 4) is 44.5 Å². The second-order valence-electron chi connectivity index (χ2n) is 15.1. The highest BCUT2D eigenvalue weighted by molar-refractivity contribution is 5.95. The van der Waals surface area contributed by atoms with E-state index in [0.29, 0.717) is 0 Å². The molecule has 10 aromatic carbocycles. The Morgan fingerprint density at radius 2 is 0.610 bits per heavy atom. The maximum Gasteiger partial charge on any atom is 0.0473 e. The molecule has 59 heavy (non-hydrogen) atoms. The zero-order valence-corrected chi connectivity index (χ0v) is 32.7. The molecule has 0 bridgehead atoms. The summed E-state index contributed by atoms with van der Waals surface area (Å²) in [5.41, 5.74) is 14.5. The van der Waals surface area contributed by atoms with Crippen LogP contribution in [-0.4, -0.2) is 0 Å². The predicted molar refractivity (Wildman–Crippen MR) is 256 cm³/mol. The minimum absolute atomic E-state index is 1.05. The largest absolute Gasteiger partial charge is 0.310 e. The van der Waals surface area contributed by atoms with E-state index in [-0.39, 0.29) is 0 Å². The first kappa shape index (κ1) is 35.7. The van der Waals surface area contributed by atoms with Crippen molar-refractivity contribution in [2.45, 2.75) is 0 Å². The van der Waals surface area contributed by atoms with Crippen molar-refractivity contribution >= 4 is 61.5 Å². The molecule has 0 unspecified atom stereocenters. The number of anilines is 3. The van der Waals surface area contributed by atoms with Crippen molar-refractivity contribution in [2.75, 3.05) is 4.90 Å². The van der Waals surface area contributed by atoms with Gasteiger partial charge in [0, 0.05) is 17.1 Å². The highest BCUT2D eigenvalue weighted by Crippen LogP contribution is 2.43. The van der Waals surface area contributed by atoms with Crippen molar-refractivity contribution in [2.24, 2.45) is 0 Å². The highest BCUT2D eigenvalue weighted by atomic mass is 15.1. The summed E-state index contributed by atoms with van der Waals surface area (Å²) in [6.45, 7) is 8.20. The lowest BCUT2D eigenvalue weighted by atomic mass is 9.93. The van der Waals surface area contributed by atoms with Crippen LogP contribution in [0, 0.1) is 0 Å². The number of nitrogens with zero attached hydrogens (tertiary/aromatic N) is 1. The molecule has 10 rings (SSSR count). The van der Waals surface area contributed by atoms with Crippen LogP contribution in [0.2, 0.25) is 0 Å². The molecule has 0 amide bonds. The molecule has 0 saturated heterocycles. The molecule has 0 heterocycles. The molecule has 1 heteroatoms. The maximum absolute atomic E-state index is 4.14. The highest BCUT2D eigenvalue weighted by Gasteiger charge is 2.19. The van der Waals surface area contributed by atoms with E-state index >= 15 is 0 Å². The Balaban J connectivity index is 1.23. The van der Waals surface area contributed by atoms with E-state index in [0.717, 1.165) is 61.6 Å². The number of para-hydroxylation sites is 1. The lowest BCUT2D eigenvalue weighted by Gasteiger charge is -2.28. The summed E-state index contributed by atoms with van der Waals surface area (Å²) < 4.78 is 0. The minimum atomic E-state index is 1.05. The molecule has 0 N–H and O–H groups in total. The molecular weight excluding hydrogens is 711 g/mol. The quantitative estimate of drug-likeness (QED) is 0.142. The number of fused-ring (bicyclic) bond motifs is 3. The molecule has 0 aromatic heterocycles. The van der Waals surface area contributed by atoms with Gasteiger partial charge in [-0.1, -0.05) is 165 Å². The molecule has 0 atom stereocenters. The van der Waals surface area contributed by atoms with Gasteiger partial charge in [-0.3, -0.25) is 0 Å². The number of rotatable bonds is 9. The van der Waals surface area contributed by atoms with Gasteiger partial charge in [-0.15, -0.1) is 0 Å². The standard InChI is InChI=1S/C58H41N/c1-3-40-22-26-48(30-41(40)4-2)52-34-53(49-27-23-42-14-8-11-17-45(42)31-49)37-57(36-52)59(56-20-6-5-7-21-56)58-38-54(50-28-24-43-15-9-12-18-46(43)32-50)35-55(39-58)51-29-25-44-16-10-13-19-47(44)33-51/h3-39H,1-2H2. The Labute approximate surface area is 346 Å². The fourth-order valence-corrected chi connectivity index (χ4v) is 8.40. The van der Waals surface area contributed by atoms with Crippen LogP contribution in [0.1, 0.15) is 11.1 Å². The predicted octanol–water partition coefficient (Wildman–Crippen LogP) is 16.6. The van der Waals surface area contributed by atoms with Gasteiger partial charge in [0.15, 0.2) is 0 Å². The van der Waals surface area contributed by atoms with Crippen LogP contribution in [0.5, 0.6) is 0 Å². The van der Waals surface area contributed by atoms with Gasteiger partial charge in [-0.2, -0.15) is 0 Å². The normalized spacial score (nSPS) is 11.2. The van der Waals surface area contributed by atoms with Crippen molar-refractivity contribution in [3.05, 3.63) is 237 Å². The van der Waals surface area contributed by atoms with E-state index < -0.39 is 0 Å². The SMILES string of the molecule is C=Cc1ccc(-c2cc(-c3ccc4ccccc4c3)cc(N(c3ccccc3)c3cc(-c4ccc5ccccc5c4)cc(-c4ccc5ccccc5c4)c3)c2)cc1C=C. The molecular formula is C58H41N. The van der Waals surface area contributed by atoms with Crippen molar-refractivity contribution in [1.82, 2.24) is 0 Å². The van der Waals surface area contributed by atoms with E-state index in [1.54, 1.807) is 0 Å². The van der Waals surface area contributed by atoms with Crippen molar-refractivity contribution < 1.29 is 0 Å². The third-order valence-electron chi connectivity index (χ3n) is 11.5. The average molecular weight is 752 g/mol. The number of benzene rings is 10. The molecule has 0 radical (unpaired) electrons. The van der Waals surface area contributed by atoms with Crippen LogP contribution in [0.25, 0.3) is 89.0 Å². The summed E-state index contributed by atoms with van der Waals surface area (Å²) in [5, 5.41) is 7.33. The summed E-state index contributed by atoms with van der Waals surface area (Å²) in [6, 6.07) is 77.4. The lowest BCUT2D eigenvalue weighted by Crippen LogP contribution is -2.11. The third-order valence-corrected chi connectivity index (χ3v) is 11.5. The molecule has 0 aliphatic heterocycles. The number of hydrogen-bond donors (Lipinski definition) is 0. The molecule has 0 aliphatic carbocycles. The lowest BCUT2D eigenvalue weighted by molar-refractivity contribution is 1.28. The fraction of sp³-hybridized carbons (Fsp3) is 0. The first-order valence-electron chi connectivity index (χ1n) is 20.1. The Morgan fingerprint density at radius 1 is 0.254 bits per heavy atom. The van der Waals surface area contributed by atoms with Gasteiger partial charge >= 0.3 is 0 Å². The van der Waals surface area contributed by atoms with E-state index in [1.807, 2.05) is 12.2 Å². The third kappa shape index (κ3) is 7.01. The Bertz CT molecular complexity index is 3110. The summed E-state index contributed by atoms with van der Waals surface area (Å²) >= 11 is 0. The maximum atomic E-state index is 4.14. The van der Waals surface area contributed by atoms with Gasteiger partial charge in [0.05, 0.1) is 0 Å². The Hall–Kier alpha value is -7.74. The van der Waals surface area contributed by atoms with Gasteiger partial charge in [0.1, 0.15) is 0 Å². The Kier molecular flexibility index (Phi) is 9.25. The van der Waals surface area contributed by atoms with Crippen LogP contribution in [0.3, 0.4) is 0 Å². The summed E-state index contributed by atoms with van der Waals surface area (Å²) in [5.74, 6) is 0. The number of hydrogen-bond acceptors (Lipinski definition) is 1. The smallest absolute Gasteiger partial charge is 0.0473 e. The summed E-state index contributed by atoms with van der Waals surface area (Å²) in [7, 11) is 0. The van der Waals surface area contributed by atoms with Crippen LogP contribution >= 0.6 is 0 Å². The fourth-order valence-electron chi connectivity index (χ4n) is 8.40. The van der Waals surface area contributed by atoms with Gasteiger partial charge in [0.2, 0.25) is 0 Å². The molecule has 0 saturated carbocycles. The first-order valence-corrected chi connectivity index (χ1v) is 20.1. The second-order valence-corrected chi connectivity index (χ2v) is 15.1. The van der Waals surface area contributed by atoms with Crippen LogP contribution in [0.15, 0.2) is 225 Å². The first-order chi connectivity index (χ1) is 29.1. The monoisotopic (exact) mass is 751 g/mol. The van der Waals surface area contributed by atoms with Gasteiger partial charge in [0.25, 0.3) is 0 Å². The molecule has 0 aliphatic rings. The molecule has 1 nitrogen and oxygen atoms in total. The molecule has 278 valence electrons. The zero-order chi connectivity index (χ0) is 39.7. The van der Waals surface area contributed by atoms with E-state index in [9.17, 15) is 0 Å². The molecule has 0 fully saturated rings. The van der Waals surface area contributed by atoms with E-state index in [4.69, 9.17) is 0 Å². The van der Waals surface area contributed by atoms with E-state index in [2.05, 4.69) is 230 Å². The topological polar surface area (TPSA) is 3.24 Å². The molecule has 0 spiro atoms. The second kappa shape index (κ2) is 15.3.